The van der Waals surface area contributed by atoms with Crippen LogP contribution in [0, 0.1) is 0 Å². The van der Waals surface area contributed by atoms with E-state index >= 15 is 0 Å². The number of nitrogens with zero attached hydrogens (tertiary/aromatic N) is 3. The standard InChI is InChI=1S/C44H46F3N5O5/c45-44(46,47)34-18-10-15-32(25-34)27-48-41(54)37(26-39(53)49-35-21-23-50(24-22-35)28-31-13-6-2-7-14-31)51-36(20-19-30-11-4-1-5-12-30)40(42(51)55)52-38(29-57-43(52)56)33-16-8-3-9-17-33/h1-18,25,35-38,40H,19-24,26-29H2,(H,48,54)(H,49,53)/t36?,37?,38-,40?/m1/s1. The summed E-state index contributed by atoms with van der Waals surface area (Å²) in [5.41, 5.74) is 2.34. The van der Waals surface area contributed by atoms with Crippen LogP contribution in [0.4, 0.5) is 18.0 Å². The summed E-state index contributed by atoms with van der Waals surface area (Å²) in [4.78, 5) is 61.0. The zero-order valence-corrected chi connectivity index (χ0v) is 31.4. The molecule has 57 heavy (non-hydrogen) atoms. The van der Waals surface area contributed by atoms with E-state index in [0.717, 1.165) is 42.9 Å². The van der Waals surface area contributed by atoms with Crippen LogP contribution in [0.2, 0.25) is 0 Å². The Labute approximate surface area is 330 Å². The van der Waals surface area contributed by atoms with Crippen LogP contribution in [-0.2, 0) is 44.8 Å². The number of hydrogen-bond acceptors (Lipinski definition) is 6. The van der Waals surface area contributed by atoms with Gasteiger partial charge in [-0.25, -0.2) is 4.79 Å². The van der Waals surface area contributed by atoms with Gasteiger partial charge in [0, 0.05) is 32.2 Å². The average molecular weight is 782 g/mol. The first kappa shape index (κ1) is 39.5. The van der Waals surface area contributed by atoms with Crippen LogP contribution >= 0.6 is 0 Å². The maximum absolute atomic E-state index is 14.5. The smallest absolute Gasteiger partial charge is 0.416 e. The molecule has 3 saturated heterocycles. The van der Waals surface area contributed by atoms with Crippen molar-refractivity contribution in [3.8, 4) is 0 Å². The monoisotopic (exact) mass is 781 g/mol. The van der Waals surface area contributed by atoms with Crippen molar-refractivity contribution in [2.45, 2.75) is 81.6 Å². The Balaban J connectivity index is 1.12. The molecule has 10 nitrogen and oxygen atoms in total. The number of aryl methyl sites for hydroxylation is 1. The van der Waals surface area contributed by atoms with Crippen LogP contribution in [-0.4, -0.2) is 82.4 Å². The zero-order chi connectivity index (χ0) is 39.9. The number of benzene rings is 4. The van der Waals surface area contributed by atoms with Crippen LogP contribution in [0.3, 0.4) is 0 Å². The molecule has 298 valence electrons. The fourth-order valence-corrected chi connectivity index (χ4v) is 8.19. The summed E-state index contributed by atoms with van der Waals surface area (Å²) >= 11 is 0. The van der Waals surface area contributed by atoms with E-state index in [0.29, 0.717) is 25.7 Å². The molecule has 4 amide bonds. The predicted molar refractivity (Wildman–Crippen MR) is 206 cm³/mol. The van der Waals surface area contributed by atoms with Gasteiger partial charge in [-0.1, -0.05) is 103 Å². The van der Waals surface area contributed by atoms with E-state index in [2.05, 4.69) is 27.7 Å². The predicted octanol–water partition coefficient (Wildman–Crippen LogP) is 6.27. The number of amides is 4. The van der Waals surface area contributed by atoms with Crippen LogP contribution in [0.1, 0.15) is 59.5 Å². The number of halogens is 3. The highest BCUT2D eigenvalue weighted by Crippen LogP contribution is 2.40. The minimum Gasteiger partial charge on any atom is -0.447 e. The molecule has 0 radical (unpaired) electrons. The lowest BCUT2D eigenvalue weighted by Gasteiger charge is -2.53. The Morgan fingerprint density at radius 2 is 1.44 bits per heavy atom. The Kier molecular flexibility index (Phi) is 12.2. The number of cyclic esters (lactones) is 1. The van der Waals surface area contributed by atoms with Crippen molar-refractivity contribution in [3.05, 3.63) is 143 Å². The van der Waals surface area contributed by atoms with Gasteiger partial charge in [0.1, 0.15) is 18.7 Å². The second kappa shape index (κ2) is 17.6. The lowest BCUT2D eigenvalue weighted by Crippen LogP contribution is -2.75. The Bertz CT molecular complexity index is 2010. The lowest BCUT2D eigenvalue weighted by molar-refractivity contribution is -0.168. The molecule has 3 aliphatic heterocycles. The van der Waals surface area contributed by atoms with E-state index in [-0.39, 0.29) is 31.2 Å². The van der Waals surface area contributed by atoms with Gasteiger partial charge >= 0.3 is 12.3 Å². The Morgan fingerprint density at radius 1 is 0.807 bits per heavy atom. The molecule has 13 heteroatoms. The third-order valence-electron chi connectivity index (χ3n) is 11.1. The molecule has 3 unspecified atom stereocenters. The summed E-state index contributed by atoms with van der Waals surface area (Å²) in [6, 6.07) is 30.0. The highest BCUT2D eigenvalue weighted by molar-refractivity contribution is 5.99. The summed E-state index contributed by atoms with van der Waals surface area (Å²) in [5.74, 6) is -1.61. The summed E-state index contributed by atoms with van der Waals surface area (Å²) in [6.45, 7) is 2.13. The molecule has 4 aromatic carbocycles. The topological polar surface area (TPSA) is 111 Å². The highest BCUT2D eigenvalue weighted by atomic mass is 19.4. The Hall–Kier alpha value is -5.69. The molecule has 0 bridgehead atoms. The second-order valence-corrected chi connectivity index (χ2v) is 14.9. The fourth-order valence-electron chi connectivity index (χ4n) is 8.19. The average Bonchev–Trinajstić information content (AvgIpc) is 3.59. The van der Waals surface area contributed by atoms with E-state index in [1.807, 2.05) is 78.9 Å². The molecule has 7 rings (SSSR count). The number of ether oxygens (including phenoxy) is 1. The molecule has 0 aromatic heterocycles. The van der Waals surface area contributed by atoms with E-state index in [9.17, 15) is 32.3 Å². The molecule has 2 N–H and O–H groups in total. The van der Waals surface area contributed by atoms with E-state index < -0.39 is 59.7 Å². The first-order valence-electron chi connectivity index (χ1n) is 19.4. The summed E-state index contributed by atoms with van der Waals surface area (Å²) in [6.07, 6.45) is -3.31. The third kappa shape index (κ3) is 9.48. The van der Waals surface area contributed by atoms with Gasteiger partial charge in [-0.2, -0.15) is 13.2 Å². The van der Waals surface area contributed by atoms with Crippen LogP contribution < -0.4 is 10.6 Å². The maximum Gasteiger partial charge on any atom is 0.416 e. The number of carbonyl (C=O) groups excluding carboxylic acids is 4. The van der Waals surface area contributed by atoms with Crippen molar-refractivity contribution < 1.29 is 37.1 Å². The number of piperidine rings is 1. The van der Waals surface area contributed by atoms with Gasteiger partial charge < -0.3 is 20.3 Å². The largest absolute Gasteiger partial charge is 0.447 e. The highest BCUT2D eigenvalue weighted by Gasteiger charge is 2.58. The van der Waals surface area contributed by atoms with Gasteiger partial charge in [0.25, 0.3) is 0 Å². The summed E-state index contributed by atoms with van der Waals surface area (Å²) in [5, 5.41) is 5.80. The fraction of sp³-hybridized carbons (Fsp3) is 0.364. The maximum atomic E-state index is 14.5. The molecule has 0 spiro atoms. The lowest BCUT2D eigenvalue weighted by atomic mass is 9.84. The number of rotatable bonds is 14. The molecule has 3 heterocycles. The van der Waals surface area contributed by atoms with Crippen molar-refractivity contribution in [2.75, 3.05) is 19.7 Å². The van der Waals surface area contributed by atoms with E-state index in [4.69, 9.17) is 4.74 Å². The second-order valence-electron chi connectivity index (χ2n) is 14.9. The normalized spacial score (nSPS) is 20.8. The van der Waals surface area contributed by atoms with Crippen LogP contribution in [0.5, 0.6) is 0 Å². The first-order valence-corrected chi connectivity index (χ1v) is 19.4. The minimum atomic E-state index is -4.57. The van der Waals surface area contributed by atoms with Crippen molar-refractivity contribution >= 4 is 23.8 Å². The van der Waals surface area contributed by atoms with E-state index in [1.54, 1.807) is 0 Å². The molecular formula is C44H46F3N5O5. The minimum absolute atomic E-state index is 0.0471. The van der Waals surface area contributed by atoms with Crippen molar-refractivity contribution in [1.29, 1.82) is 0 Å². The van der Waals surface area contributed by atoms with Gasteiger partial charge in [-0.3, -0.25) is 24.2 Å². The number of alkyl halides is 3. The molecule has 4 aromatic rings. The molecule has 0 saturated carbocycles. The summed E-state index contributed by atoms with van der Waals surface area (Å²) in [7, 11) is 0. The van der Waals surface area contributed by atoms with E-state index in [1.165, 1.54) is 27.5 Å². The number of β-lactam (4-membered cyclic amide) rings is 1. The van der Waals surface area contributed by atoms with Crippen molar-refractivity contribution in [3.63, 3.8) is 0 Å². The number of nitrogens with one attached hydrogen (secondary N) is 2. The molecule has 0 aliphatic carbocycles. The zero-order valence-electron chi connectivity index (χ0n) is 31.4. The molecule has 3 aliphatic rings. The van der Waals surface area contributed by atoms with Gasteiger partial charge in [0.15, 0.2) is 0 Å². The van der Waals surface area contributed by atoms with Gasteiger partial charge in [0.05, 0.1) is 24.1 Å². The first-order chi connectivity index (χ1) is 27.5. The third-order valence-corrected chi connectivity index (χ3v) is 11.1. The quantitative estimate of drug-likeness (QED) is 0.146. The van der Waals surface area contributed by atoms with Gasteiger partial charge in [0.2, 0.25) is 17.7 Å². The number of carbonyl (C=O) groups is 4. The van der Waals surface area contributed by atoms with Crippen LogP contribution in [0.15, 0.2) is 115 Å². The number of hydrogen-bond donors (Lipinski definition) is 2. The van der Waals surface area contributed by atoms with Crippen molar-refractivity contribution in [1.82, 2.24) is 25.3 Å². The number of likely N-dealkylation sites (tertiary alicyclic amines) is 2. The van der Waals surface area contributed by atoms with Gasteiger partial charge in [-0.05, 0) is 60.1 Å². The van der Waals surface area contributed by atoms with Crippen LogP contribution in [0.25, 0.3) is 0 Å². The molecule has 4 atom stereocenters. The van der Waals surface area contributed by atoms with Gasteiger partial charge in [-0.15, -0.1) is 0 Å². The molecule has 3 fully saturated rings. The Morgan fingerprint density at radius 3 is 2.11 bits per heavy atom. The molecular weight excluding hydrogens is 736 g/mol. The summed E-state index contributed by atoms with van der Waals surface area (Å²) < 4.78 is 46.0. The van der Waals surface area contributed by atoms with Crippen molar-refractivity contribution in [2.24, 2.45) is 0 Å². The SMILES string of the molecule is O=C(CC(C(=O)NCc1cccc(C(F)(F)F)c1)N1C(=O)C(N2C(=O)OC[C@@H]2c2ccccc2)C1CCc1ccccc1)NC1CCN(Cc2ccccc2)CC1.